The number of benzene rings is 3. The Kier molecular flexibility index (Phi) is 7.73. The summed E-state index contributed by atoms with van der Waals surface area (Å²) in [6, 6.07) is 3.94. The summed E-state index contributed by atoms with van der Waals surface area (Å²) < 4.78 is 16.7. The van der Waals surface area contributed by atoms with Crippen molar-refractivity contribution in [3.8, 4) is 68.4 Å². The number of hydrogen-bond donors (Lipinski definition) is 12. The van der Waals surface area contributed by atoms with Crippen molar-refractivity contribution in [2.45, 2.75) is 30.7 Å². The Morgan fingerprint density at radius 3 is 2.13 bits per heavy atom. The molecule has 17 nitrogen and oxygen atoms in total. The standard InChI is InChI=1S/C28H24O17/c29-6-14-20(36)23(39)24(40)28(44-14)45-26-22(38)17-11(32)3-7(30)4-13(17)43-25(26)8-1-2-10(31)18(34)15(8)16-9(27(41)42)5-12(33)19(35)21(16)37/h1-5,14,20,23-24,28-37,39-40H,6H2,(H,41,42)/t14-,20+,23+,24-,28?/m1/s1. The van der Waals surface area contributed by atoms with Gasteiger partial charge in [-0.15, -0.1) is 0 Å². The van der Waals surface area contributed by atoms with Crippen LogP contribution in [0.4, 0.5) is 0 Å². The van der Waals surface area contributed by atoms with Gasteiger partial charge in [-0.3, -0.25) is 4.79 Å². The molecule has 1 unspecified atom stereocenters. The Morgan fingerprint density at radius 2 is 1.49 bits per heavy atom. The van der Waals surface area contributed by atoms with E-state index in [1.165, 1.54) is 0 Å². The first kappa shape index (κ1) is 31.0. The maximum Gasteiger partial charge on any atom is 0.336 e. The Balaban J connectivity index is 1.88. The maximum absolute atomic E-state index is 13.8. The number of aromatic hydroxyl groups is 7. The normalized spacial score (nSPS) is 21.6. The zero-order valence-corrected chi connectivity index (χ0v) is 22.4. The lowest BCUT2D eigenvalue weighted by Gasteiger charge is -2.39. The monoisotopic (exact) mass is 632 g/mol. The summed E-state index contributed by atoms with van der Waals surface area (Å²) >= 11 is 0. The van der Waals surface area contributed by atoms with E-state index in [9.17, 15) is 70.9 Å². The molecule has 3 aromatic carbocycles. The van der Waals surface area contributed by atoms with E-state index in [0.717, 1.165) is 24.3 Å². The zero-order chi connectivity index (χ0) is 33.1. The van der Waals surface area contributed by atoms with Crippen molar-refractivity contribution in [3.05, 3.63) is 46.1 Å². The Hall–Kier alpha value is -5.46. The predicted molar refractivity (Wildman–Crippen MR) is 146 cm³/mol. The van der Waals surface area contributed by atoms with Crippen LogP contribution in [0, 0.1) is 0 Å². The van der Waals surface area contributed by atoms with Crippen molar-refractivity contribution < 1.29 is 80.0 Å². The summed E-state index contributed by atoms with van der Waals surface area (Å²) in [4.78, 5) is 25.9. The number of aliphatic hydroxyl groups excluding tert-OH is 4. The summed E-state index contributed by atoms with van der Waals surface area (Å²) in [6.07, 6.45) is -9.44. The molecule has 0 amide bonds. The molecule has 0 radical (unpaired) electrons. The highest BCUT2D eigenvalue weighted by Gasteiger charge is 2.45. The lowest BCUT2D eigenvalue weighted by Crippen LogP contribution is -2.60. The molecule has 0 spiro atoms. The highest BCUT2D eigenvalue weighted by Crippen LogP contribution is 2.53. The van der Waals surface area contributed by atoms with Gasteiger partial charge in [0.15, 0.2) is 28.8 Å². The molecule has 1 aliphatic heterocycles. The molecule has 12 N–H and O–H groups in total. The minimum Gasteiger partial charge on any atom is -0.508 e. The van der Waals surface area contributed by atoms with E-state index in [1.54, 1.807) is 0 Å². The number of carboxylic acids is 1. The quantitative estimate of drug-likeness (QED) is 0.124. The molecule has 5 rings (SSSR count). The summed E-state index contributed by atoms with van der Waals surface area (Å²) in [6.45, 7) is -0.887. The minimum absolute atomic E-state index is 0.512. The second-order valence-electron chi connectivity index (χ2n) is 9.92. The number of ether oxygens (including phenoxy) is 2. The van der Waals surface area contributed by atoms with Gasteiger partial charge in [0.2, 0.25) is 23.2 Å². The first-order chi connectivity index (χ1) is 21.2. The van der Waals surface area contributed by atoms with Gasteiger partial charge in [0.25, 0.3) is 0 Å². The molecular weight excluding hydrogens is 608 g/mol. The van der Waals surface area contributed by atoms with Crippen molar-refractivity contribution in [3.63, 3.8) is 0 Å². The molecule has 0 aliphatic carbocycles. The van der Waals surface area contributed by atoms with Crippen molar-refractivity contribution >= 4 is 16.9 Å². The van der Waals surface area contributed by atoms with Crippen LogP contribution in [-0.4, -0.2) is 105 Å². The highest BCUT2D eigenvalue weighted by molar-refractivity contribution is 6.04. The molecular formula is C28H24O17. The Labute approximate surface area is 249 Å². The molecule has 238 valence electrons. The number of carbonyl (C=O) groups is 1. The number of rotatable bonds is 6. The van der Waals surface area contributed by atoms with Crippen LogP contribution in [0.3, 0.4) is 0 Å². The van der Waals surface area contributed by atoms with Crippen molar-refractivity contribution in [1.29, 1.82) is 0 Å². The van der Waals surface area contributed by atoms with Crippen molar-refractivity contribution in [1.82, 2.24) is 0 Å². The molecule has 0 saturated carbocycles. The third kappa shape index (κ3) is 4.99. The number of carboxylic acid groups (broad SMARTS) is 1. The van der Waals surface area contributed by atoms with Crippen molar-refractivity contribution in [2.24, 2.45) is 0 Å². The average molecular weight is 632 g/mol. The molecule has 17 heteroatoms. The second-order valence-corrected chi connectivity index (χ2v) is 9.92. The van der Waals surface area contributed by atoms with Gasteiger partial charge in [0.1, 0.15) is 46.9 Å². The molecule has 2 heterocycles. The van der Waals surface area contributed by atoms with Gasteiger partial charge in [0, 0.05) is 28.8 Å². The van der Waals surface area contributed by atoms with Crippen LogP contribution in [0.5, 0.6) is 46.0 Å². The molecule has 1 fully saturated rings. The maximum atomic E-state index is 13.8. The van der Waals surface area contributed by atoms with Gasteiger partial charge in [0.05, 0.1) is 12.2 Å². The van der Waals surface area contributed by atoms with E-state index >= 15 is 0 Å². The fourth-order valence-corrected chi connectivity index (χ4v) is 4.92. The molecule has 1 aromatic heterocycles. The average Bonchev–Trinajstić information content (AvgIpc) is 2.98. The van der Waals surface area contributed by atoms with E-state index in [1.807, 2.05) is 0 Å². The van der Waals surface area contributed by atoms with Crippen LogP contribution in [0.2, 0.25) is 0 Å². The van der Waals surface area contributed by atoms with Gasteiger partial charge >= 0.3 is 5.97 Å². The molecule has 1 aliphatic rings. The number of aliphatic hydroxyl groups is 4. The molecule has 45 heavy (non-hydrogen) atoms. The van der Waals surface area contributed by atoms with E-state index in [4.69, 9.17) is 13.9 Å². The molecule has 5 atom stereocenters. The van der Waals surface area contributed by atoms with Crippen LogP contribution in [0.15, 0.2) is 39.5 Å². The summed E-state index contributed by atoms with van der Waals surface area (Å²) in [5.41, 5.74) is -4.97. The number of phenols is 7. The van der Waals surface area contributed by atoms with Crippen LogP contribution >= 0.6 is 0 Å². The fourth-order valence-electron chi connectivity index (χ4n) is 4.92. The topological polar surface area (TPSA) is 308 Å². The fraction of sp³-hybridized carbons (Fsp3) is 0.214. The number of phenolic OH excluding ortho intramolecular Hbond substituents is 7. The Morgan fingerprint density at radius 1 is 0.800 bits per heavy atom. The van der Waals surface area contributed by atoms with Gasteiger partial charge in [-0.2, -0.15) is 0 Å². The third-order valence-corrected chi connectivity index (χ3v) is 7.14. The first-order valence-corrected chi connectivity index (χ1v) is 12.7. The Bertz CT molecular complexity index is 1900. The molecule has 4 aromatic rings. The number of hydrogen-bond acceptors (Lipinski definition) is 16. The SMILES string of the molecule is O=C(O)c1cc(O)c(O)c(O)c1-c1c(-c2oc3cc(O)cc(O)c3c(=O)c2OC2O[C@H](CO)[C@H](O)[C@H](O)[C@H]2O)ccc(O)c1O. The molecule has 1 saturated heterocycles. The lowest BCUT2D eigenvalue weighted by molar-refractivity contribution is -0.277. The van der Waals surface area contributed by atoms with E-state index in [0.29, 0.717) is 6.07 Å². The van der Waals surface area contributed by atoms with Gasteiger partial charge in [-0.05, 0) is 18.2 Å². The van der Waals surface area contributed by atoms with Gasteiger partial charge in [-0.25, -0.2) is 4.79 Å². The smallest absolute Gasteiger partial charge is 0.336 e. The van der Waals surface area contributed by atoms with Crippen LogP contribution in [0.25, 0.3) is 33.4 Å². The molecule has 0 bridgehead atoms. The minimum atomic E-state index is -2.08. The third-order valence-electron chi connectivity index (χ3n) is 7.14. The summed E-state index contributed by atoms with van der Waals surface area (Å²) in [7, 11) is 0. The van der Waals surface area contributed by atoms with Gasteiger partial charge in [-0.1, -0.05) is 0 Å². The largest absolute Gasteiger partial charge is 0.508 e. The van der Waals surface area contributed by atoms with Crippen LogP contribution in [0.1, 0.15) is 10.4 Å². The van der Waals surface area contributed by atoms with Crippen molar-refractivity contribution in [2.75, 3.05) is 6.61 Å². The van der Waals surface area contributed by atoms with Crippen LogP contribution < -0.4 is 10.2 Å². The number of aromatic carboxylic acids is 1. The van der Waals surface area contributed by atoms with E-state index in [-0.39, 0.29) is 0 Å². The van der Waals surface area contributed by atoms with Crippen LogP contribution in [-0.2, 0) is 4.74 Å². The predicted octanol–water partition coefficient (Wildman–Crippen LogP) is -0.0569. The highest BCUT2D eigenvalue weighted by atomic mass is 16.7. The van der Waals surface area contributed by atoms with E-state index in [2.05, 4.69) is 0 Å². The summed E-state index contributed by atoms with van der Waals surface area (Å²) in [5, 5.41) is 122. The lowest BCUT2D eigenvalue weighted by atomic mass is 9.91. The number of fused-ring (bicyclic) bond motifs is 1. The van der Waals surface area contributed by atoms with Gasteiger partial charge < -0.3 is 75.2 Å². The summed E-state index contributed by atoms with van der Waals surface area (Å²) in [5.74, 6) is -10.7. The van der Waals surface area contributed by atoms with E-state index < -0.39 is 134 Å². The second kappa shape index (κ2) is 11.2. The zero-order valence-electron chi connectivity index (χ0n) is 22.4. The first-order valence-electron chi connectivity index (χ1n) is 12.7.